The lowest BCUT2D eigenvalue weighted by atomic mass is 10.1. The molecular weight excluding hydrogens is 228 g/mol. The van der Waals surface area contributed by atoms with Gasteiger partial charge in [-0.25, -0.2) is 0 Å². The van der Waals surface area contributed by atoms with Gasteiger partial charge in [-0.05, 0) is 51.9 Å². The number of nitrogens with zero attached hydrogens (tertiary/aromatic N) is 1. The summed E-state index contributed by atoms with van der Waals surface area (Å²) in [5.74, 6) is 1.31. The molecule has 0 bridgehead atoms. The van der Waals surface area contributed by atoms with Crippen LogP contribution in [0.4, 0.5) is 0 Å². The minimum atomic E-state index is 0.497. The first-order chi connectivity index (χ1) is 8.14. The van der Waals surface area contributed by atoms with Crippen molar-refractivity contribution in [3.8, 4) is 0 Å². The van der Waals surface area contributed by atoms with Crippen molar-refractivity contribution in [1.29, 1.82) is 0 Å². The van der Waals surface area contributed by atoms with Crippen LogP contribution in [0.5, 0.6) is 0 Å². The fourth-order valence-corrected chi connectivity index (χ4v) is 3.31. The van der Waals surface area contributed by atoms with Gasteiger partial charge >= 0.3 is 0 Å². The third-order valence-electron chi connectivity index (χ3n) is 3.44. The maximum Gasteiger partial charge on any atom is 0.0116 e. The Hall–Kier alpha value is 0.270. The number of hydrogen-bond donors (Lipinski definition) is 1. The smallest absolute Gasteiger partial charge is 0.0116 e. The third-order valence-corrected chi connectivity index (χ3v) is 4.81. The van der Waals surface area contributed by atoms with Gasteiger partial charge in [0, 0.05) is 17.0 Å². The van der Waals surface area contributed by atoms with Gasteiger partial charge in [-0.2, -0.15) is 11.8 Å². The van der Waals surface area contributed by atoms with Crippen molar-refractivity contribution in [2.75, 3.05) is 38.5 Å². The molecule has 17 heavy (non-hydrogen) atoms. The quantitative estimate of drug-likeness (QED) is 0.707. The second kappa shape index (κ2) is 8.39. The predicted molar refractivity (Wildman–Crippen MR) is 80.0 cm³/mol. The summed E-state index contributed by atoms with van der Waals surface area (Å²) in [6, 6.07) is 0. The molecule has 0 aromatic carbocycles. The van der Waals surface area contributed by atoms with Crippen LogP contribution < -0.4 is 5.32 Å². The normalized spacial score (nSPS) is 21.4. The largest absolute Gasteiger partial charge is 0.317 e. The van der Waals surface area contributed by atoms with Crippen LogP contribution in [0.25, 0.3) is 0 Å². The van der Waals surface area contributed by atoms with Crippen molar-refractivity contribution in [2.45, 2.75) is 51.2 Å². The molecule has 0 aromatic heterocycles. The first kappa shape index (κ1) is 15.3. The Balaban J connectivity index is 2.03. The molecule has 0 spiro atoms. The van der Waals surface area contributed by atoms with Crippen molar-refractivity contribution < 1.29 is 0 Å². The van der Waals surface area contributed by atoms with Crippen LogP contribution in [-0.2, 0) is 0 Å². The van der Waals surface area contributed by atoms with E-state index in [-0.39, 0.29) is 0 Å². The zero-order valence-corrected chi connectivity index (χ0v) is 12.7. The molecule has 1 rings (SSSR count). The Kier molecular flexibility index (Phi) is 7.56. The molecule has 1 aliphatic heterocycles. The minimum Gasteiger partial charge on any atom is -0.317 e. The van der Waals surface area contributed by atoms with Crippen LogP contribution in [0.15, 0.2) is 0 Å². The lowest BCUT2D eigenvalue weighted by Gasteiger charge is -2.22. The summed E-state index contributed by atoms with van der Waals surface area (Å²) in [5, 5.41) is 3.48. The van der Waals surface area contributed by atoms with Crippen LogP contribution in [-0.4, -0.2) is 48.1 Å². The first-order valence-electron chi connectivity index (χ1n) is 7.21. The topological polar surface area (TPSA) is 15.3 Å². The second-order valence-electron chi connectivity index (χ2n) is 5.66. The van der Waals surface area contributed by atoms with E-state index in [1.807, 2.05) is 0 Å². The molecule has 1 fully saturated rings. The lowest BCUT2D eigenvalue weighted by Crippen LogP contribution is -2.29. The summed E-state index contributed by atoms with van der Waals surface area (Å²) >= 11 is 2.14. The second-order valence-corrected chi connectivity index (χ2v) is 7.46. The summed E-state index contributed by atoms with van der Waals surface area (Å²) in [4.78, 5) is 2.65. The summed E-state index contributed by atoms with van der Waals surface area (Å²) in [6.45, 7) is 13.2. The maximum absolute atomic E-state index is 3.48. The van der Waals surface area contributed by atoms with Gasteiger partial charge in [0.05, 0.1) is 0 Å². The lowest BCUT2D eigenvalue weighted by molar-refractivity contribution is 0.278. The average molecular weight is 258 g/mol. The molecule has 1 aliphatic rings. The molecule has 0 aliphatic carbocycles. The Morgan fingerprint density at radius 3 is 2.76 bits per heavy atom. The molecule has 102 valence electrons. The molecule has 0 aromatic rings. The molecule has 1 N–H and O–H groups in total. The zero-order chi connectivity index (χ0) is 12.6. The molecule has 0 atom stereocenters. The first-order valence-corrected chi connectivity index (χ1v) is 8.19. The zero-order valence-electron chi connectivity index (χ0n) is 11.9. The van der Waals surface area contributed by atoms with E-state index < -0.39 is 0 Å². The molecule has 3 heteroatoms. The van der Waals surface area contributed by atoms with E-state index in [1.54, 1.807) is 0 Å². The van der Waals surface area contributed by atoms with E-state index in [9.17, 15) is 0 Å². The monoisotopic (exact) mass is 258 g/mol. The summed E-state index contributed by atoms with van der Waals surface area (Å²) < 4.78 is 0.497. The van der Waals surface area contributed by atoms with Gasteiger partial charge in [-0.3, -0.25) is 0 Å². The fraction of sp³-hybridized carbons (Fsp3) is 1.00. The number of rotatable bonds is 7. The molecule has 0 saturated carbocycles. The summed E-state index contributed by atoms with van der Waals surface area (Å²) in [5.41, 5.74) is 0. The number of unbranched alkanes of at least 4 members (excludes halogenated alkanes) is 1. The third kappa shape index (κ3) is 7.32. The summed E-state index contributed by atoms with van der Waals surface area (Å²) in [6.07, 6.45) is 5.26. The van der Waals surface area contributed by atoms with Gasteiger partial charge in [0.15, 0.2) is 0 Å². The van der Waals surface area contributed by atoms with E-state index in [2.05, 4.69) is 42.7 Å². The van der Waals surface area contributed by atoms with Crippen molar-refractivity contribution in [1.82, 2.24) is 10.2 Å². The fourth-order valence-electron chi connectivity index (χ4n) is 2.17. The van der Waals surface area contributed by atoms with Gasteiger partial charge in [-0.1, -0.05) is 20.8 Å². The van der Waals surface area contributed by atoms with Crippen LogP contribution >= 0.6 is 11.8 Å². The van der Waals surface area contributed by atoms with Crippen molar-refractivity contribution in [3.63, 3.8) is 0 Å². The maximum atomic E-state index is 3.48. The highest BCUT2D eigenvalue weighted by atomic mass is 32.2. The minimum absolute atomic E-state index is 0.497. The molecule has 0 unspecified atom stereocenters. The van der Waals surface area contributed by atoms with Crippen molar-refractivity contribution >= 4 is 11.8 Å². The number of hydrogen-bond acceptors (Lipinski definition) is 3. The Labute approximate surface area is 112 Å². The Morgan fingerprint density at radius 2 is 2.00 bits per heavy atom. The van der Waals surface area contributed by atoms with Gasteiger partial charge in [0.1, 0.15) is 0 Å². The van der Waals surface area contributed by atoms with Crippen LogP contribution in [0, 0.1) is 0 Å². The van der Waals surface area contributed by atoms with Gasteiger partial charge in [-0.15, -0.1) is 0 Å². The Bertz CT molecular complexity index is 195. The molecule has 2 nitrogen and oxygen atoms in total. The van der Waals surface area contributed by atoms with Gasteiger partial charge in [0.2, 0.25) is 0 Å². The average Bonchev–Trinajstić information content (AvgIpc) is 2.45. The SMILES string of the molecule is CCCNCCCCN1CCSC(C)(C)CC1. The molecule has 0 amide bonds. The van der Waals surface area contributed by atoms with E-state index in [0.717, 1.165) is 0 Å². The number of thioether (sulfide) groups is 1. The van der Waals surface area contributed by atoms with E-state index in [0.29, 0.717) is 4.75 Å². The highest BCUT2D eigenvalue weighted by molar-refractivity contribution is 8.00. The molecular formula is C14H30N2S. The van der Waals surface area contributed by atoms with Crippen molar-refractivity contribution in [2.24, 2.45) is 0 Å². The van der Waals surface area contributed by atoms with E-state index in [1.165, 1.54) is 64.2 Å². The van der Waals surface area contributed by atoms with Crippen LogP contribution in [0.2, 0.25) is 0 Å². The molecule has 1 heterocycles. The van der Waals surface area contributed by atoms with Gasteiger partial charge < -0.3 is 10.2 Å². The molecule has 1 saturated heterocycles. The highest BCUT2D eigenvalue weighted by Gasteiger charge is 2.23. The standard InChI is InChI=1S/C14H30N2S/c1-4-8-15-9-5-6-10-16-11-7-14(2,3)17-13-12-16/h15H,4-13H2,1-3H3. The predicted octanol–water partition coefficient (Wildman–Crippen LogP) is 2.98. The van der Waals surface area contributed by atoms with Crippen molar-refractivity contribution in [3.05, 3.63) is 0 Å². The van der Waals surface area contributed by atoms with E-state index >= 15 is 0 Å². The molecule has 0 radical (unpaired) electrons. The van der Waals surface area contributed by atoms with Crippen LogP contribution in [0.1, 0.15) is 46.5 Å². The van der Waals surface area contributed by atoms with E-state index in [4.69, 9.17) is 0 Å². The highest BCUT2D eigenvalue weighted by Crippen LogP contribution is 2.30. The van der Waals surface area contributed by atoms with Crippen LogP contribution in [0.3, 0.4) is 0 Å². The number of nitrogens with one attached hydrogen (secondary N) is 1. The summed E-state index contributed by atoms with van der Waals surface area (Å²) in [7, 11) is 0. The Morgan fingerprint density at radius 1 is 1.18 bits per heavy atom. The van der Waals surface area contributed by atoms with Gasteiger partial charge in [0.25, 0.3) is 0 Å².